The molecule has 5 nitrogen and oxygen atoms in total. The van der Waals surface area contributed by atoms with Crippen molar-refractivity contribution in [1.82, 2.24) is 24.5 Å². The molecule has 0 unspecified atom stereocenters. The van der Waals surface area contributed by atoms with E-state index in [1.165, 1.54) is 5.56 Å². The number of rotatable bonds is 4. The van der Waals surface area contributed by atoms with Crippen LogP contribution < -0.4 is 0 Å². The molecule has 0 amide bonds. The molecule has 2 heterocycles. The van der Waals surface area contributed by atoms with E-state index in [1.54, 1.807) is 12.5 Å². The third-order valence-electron chi connectivity index (χ3n) is 3.21. The predicted octanol–water partition coefficient (Wildman–Crippen LogP) is 2.13. The third-order valence-corrected chi connectivity index (χ3v) is 3.21. The molecule has 1 atom stereocenters. The molecule has 0 bridgehead atoms. The molecular formula is C14H15N5. The minimum absolute atomic E-state index is 0.210. The lowest BCUT2D eigenvalue weighted by atomic mass is 10.1. The SMILES string of the molecule is C[C@H](c1ccccc1)n1cnnc1Cn1cccn1. The molecule has 3 aromatic rings. The first-order valence-electron chi connectivity index (χ1n) is 6.25. The third kappa shape index (κ3) is 2.40. The van der Waals surface area contributed by atoms with E-state index >= 15 is 0 Å². The smallest absolute Gasteiger partial charge is 0.155 e. The quantitative estimate of drug-likeness (QED) is 0.715. The molecule has 0 N–H and O–H groups in total. The van der Waals surface area contributed by atoms with Gasteiger partial charge in [0.15, 0.2) is 5.82 Å². The number of benzene rings is 1. The minimum atomic E-state index is 0.210. The van der Waals surface area contributed by atoms with Gasteiger partial charge in [0.1, 0.15) is 12.9 Å². The van der Waals surface area contributed by atoms with Crippen LogP contribution in [0.5, 0.6) is 0 Å². The van der Waals surface area contributed by atoms with Gasteiger partial charge in [0.2, 0.25) is 0 Å². The molecule has 0 aliphatic heterocycles. The Morgan fingerprint density at radius 1 is 1.16 bits per heavy atom. The molecular weight excluding hydrogens is 238 g/mol. The van der Waals surface area contributed by atoms with Gasteiger partial charge >= 0.3 is 0 Å². The molecule has 0 spiro atoms. The van der Waals surface area contributed by atoms with Gasteiger partial charge in [-0.25, -0.2) is 0 Å². The molecule has 0 aliphatic carbocycles. The van der Waals surface area contributed by atoms with E-state index in [0.29, 0.717) is 6.54 Å². The van der Waals surface area contributed by atoms with Crippen LogP contribution >= 0.6 is 0 Å². The fourth-order valence-electron chi connectivity index (χ4n) is 2.13. The Kier molecular flexibility index (Phi) is 3.10. The second kappa shape index (κ2) is 5.06. The van der Waals surface area contributed by atoms with Crippen molar-refractivity contribution in [2.24, 2.45) is 0 Å². The number of aromatic nitrogens is 5. The van der Waals surface area contributed by atoms with Crippen LogP contribution in [0.2, 0.25) is 0 Å². The molecule has 3 rings (SSSR count). The zero-order valence-electron chi connectivity index (χ0n) is 10.7. The summed E-state index contributed by atoms with van der Waals surface area (Å²) in [5.41, 5.74) is 1.24. The second-order valence-electron chi connectivity index (χ2n) is 4.44. The standard InChI is InChI=1S/C14H15N5/c1-12(13-6-3-2-4-7-13)19-11-15-17-14(19)10-18-9-5-8-16-18/h2-9,11-12H,10H2,1H3/t12-/m1/s1. The average molecular weight is 253 g/mol. The van der Waals surface area contributed by atoms with Crippen molar-refractivity contribution in [3.05, 3.63) is 66.5 Å². The Labute approximate surface area is 111 Å². The Hall–Kier alpha value is -2.43. The second-order valence-corrected chi connectivity index (χ2v) is 4.44. The minimum Gasteiger partial charge on any atom is -0.309 e. The highest BCUT2D eigenvalue weighted by atomic mass is 15.3. The molecule has 19 heavy (non-hydrogen) atoms. The van der Waals surface area contributed by atoms with E-state index < -0.39 is 0 Å². The van der Waals surface area contributed by atoms with Crippen LogP contribution in [0, 0.1) is 0 Å². The van der Waals surface area contributed by atoms with Gasteiger partial charge in [0.05, 0.1) is 6.04 Å². The van der Waals surface area contributed by atoms with Crippen LogP contribution in [0.1, 0.15) is 24.4 Å². The fraction of sp³-hybridized carbons (Fsp3) is 0.214. The summed E-state index contributed by atoms with van der Waals surface area (Å²) in [4.78, 5) is 0. The van der Waals surface area contributed by atoms with Crippen molar-refractivity contribution >= 4 is 0 Å². The van der Waals surface area contributed by atoms with E-state index in [1.807, 2.05) is 35.1 Å². The van der Waals surface area contributed by atoms with Gasteiger partial charge in [-0.05, 0) is 18.6 Å². The summed E-state index contributed by atoms with van der Waals surface area (Å²) in [6.45, 7) is 2.77. The number of hydrogen-bond donors (Lipinski definition) is 0. The van der Waals surface area contributed by atoms with Crippen molar-refractivity contribution < 1.29 is 0 Å². The van der Waals surface area contributed by atoms with Gasteiger partial charge in [-0.15, -0.1) is 10.2 Å². The fourth-order valence-corrected chi connectivity index (χ4v) is 2.13. The number of hydrogen-bond acceptors (Lipinski definition) is 3. The van der Waals surface area contributed by atoms with E-state index in [4.69, 9.17) is 0 Å². The van der Waals surface area contributed by atoms with Gasteiger partial charge < -0.3 is 4.57 Å². The van der Waals surface area contributed by atoms with Gasteiger partial charge in [-0.2, -0.15) is 5.10 Å². The van der Waals surface area contributed by atoms with E-state index in [9.17, 15) is 0 Å². The summed E-state index contributed by atoms with van der Waals surface area (Å²) in [5.74, 6) is 0.903. The van der Waals surface area contributed by atoms with Crippen LogP contribution in [0.4, 0.5) is 0 Å². The van der Waals surface area contributed by atoms with Crippen LogP contribution in [0.15, 0.2) is 55.1 Å². The monoisotopic (exact) mass is 253 g/mol. The van der Waals surface area contributed by atoms with Crippen molar-refractivity contribution in [2.75, 3.05) is 0 Å². The lowest BCUT2D eigenvalue weighted by Gasteiger charge is -2.15. The molecule has 0 fully saturated rings. The Balaban J connectivity index is 1.88. The normalized spacial score (nSPS) is 12.5. The first-order valence-corrected chi connectivity index (χ1v) is 6.25. The van der Waals surface area contributed by atoms with E-state index in [2.05, 4.69) is 38.9 Å². The maximum absolute atomic E-state index is 4.20. The largest absolute Gasteiger partial charge is 0.309 e. The van der Waals surface area contributed by atoms with Gasteiger partial charge in [0.25, 0.3) is 0 Å². The summed E-state index contributed by atoms with van der Waals surface area (Å²) in [6, 6.07) is 12.5. The molecule has 2 aromatic heterocycles. The van der Waals surface area contributed by atoms with Crippen LogP contribution in [-0.4, -0.2) is 24.5 Å². The first-order chi connectivity index (χ1) is 9.34. The van der Waals surface area contributed by atoms with Crippen LogP contribution in [0.25, 0.3) is 0 Å². The first kappa shape index (κ1) is 11.6. The Bertz CT molecular complexity index is 627. The van der Waals surface area contributed by atoms with E-state index in [0.717, 1.165) is 5.82 Å². The van der Waals surface area contributed by atoms with Crippen molar-refractivity contribution in [3.8, 4) is 0 Å². The molecule has 0 aliphatic rings. The molecule has 0 saturated carbocycles. The summed E-state index contributed by atoms with van der Waals surface area (Å²) >= 11 is 0. The Morgan fingerprint density at radius 3 is 2.74 bits per heavy atom. The van der Waals surface area contributed by atoms with Crippen LogP contribution in [-0.2, 0) is 6.54 Å². The summed E-state index contributed by atoms with van der Waals surface area (Å²) in [5, 5.41) is 12.4. The topological polar surface area (TPSA) is 48.5 Å². The molecule has 5 heteroatoms. The van der Waals surface area contributed by atoms with Crippen molar-refractivity contribution in [2.45, 2.75) is 19.5 Å². The zero-order valence-corrected chi connectivity index (χ0v) is 10.7. The highest BCUT2D eigenvalue weighted by molar-refractivity contribution is 5.19. The molecule has 96 valence electrons. The maximum Gasteiger partial charge on any atom is 0.155 e. The lowest BCUT2D eigenvalue weighted by molar-refractivity contribution is 0.561. The zero-order chi connectivity index (χ0) is 13.1. The Morgan fingerprint density at radius 2 is 2.00 bits per heavy atom. The highest BCUT2D eigenvalue weighted by Gasteiger charge is 2.13. The number of nitrogens with zero attached hydrogens (tertiary/aromatic N) is 5. The summed E-state index contributed by atoms with van der Waals surface area (Å²) in [7, 11) is 0. The molecule has 1 aromatic carbocycles. The lowest BCUT2D eigenvalue weighted by Crippen LogP contribution is -2.13. The molecule has 0 radical (unpaired) electrons. The van der Waals surface area contributed by atoms with Crippen molar-refractivity contribution in [3.63, 3.8) is 0 Å². The van der Waals surface area contributed by atoms with Gasteiger partial charge in [-0.1, -0.05) is 30.3 Å². The predicted molar refractivity (Wildman–Crippen MR) is 71.6 cm³/mol. The highest BCUT2D eigenvalue weighted by Crippen LogP contribution is 2.18. The summed E-state index contributed by atoms with van der Waals surface area (Å²) < 4.78 is 3.93. The maximum atomic E-state index is 4.20. The van der Waals surface area contributed by atoms with E-state index in [-0.39, 0.29) is 6.04 Å². The van der Waals surface area contributed by atoms with Crippen LogP contribution in [0.3, 0.4) is 0 Å². The average Bonchev–Trinajstić information content (AvgIpc) is 3.11. The summed E-state index contributed by atoms with van der Waals surface area (Å²) in [6.07, 6.45) is 5.46. The van der Waals surface area contributed by atoms with Gasteiger partial charge in [-0.3, -0.25) is 4.68 Å². The molecule has 0 saturated heterocycles. The van der Waals surface area contributed by atoms with Gasteiger partial charge in [0, 0.05) is 12.4 Å². The van der Waals surface area contributed by atoms with Crippen molar-refractivity contribution in [1.29, 1.82) is 0 Å².